The van der Waals surface area contributed by atoms with Crippen molar-refractivity contribution < 1.29 is 14.6 Å². The monoisotopic (exact) mass is 277 g/mol. The quantitative estimate of drug-likeness (QED) is 0.920. The van der Waals surface area contributed by atoms with Crippen molar-refractivity contribution in [3.05, 3.63) is 23.8 Å². The van der Waals surface area contributed by atoms with Crippen molar-refractivity contribution in [2.75, 3.05) is 32.8 Å². The number of hydrogen-bond donors (Lipinski definition) is 1. The molecule has 4 nitrogen and oxygen atoms in total. The van der Waals surface area contributed by atoms with E-state index in [1.165, 1.54) is 12.8 Å². The molecule has 2 aliphatic rings. The third-order valence-electron chi connectivity index (χ3n) is 4.12. The maximum absolute atomic E-state index is 10.4. The first-order chi connectivity index (χ1) is 9.72. The van der Waals surface area contributed by atoms with Gasteiger partial charge in [-0.1, -0.05) is 13.0 Å². The molecule has 0 saturated carbocycles. The Kier molecular flexibility index (Phi) is 4.13. The average Bonchev–Trinajstić information content (AvgIpc) is 2.47. The lowest BCUT2D eigenvalue weighted by Gasteiger charge is -2.32. The number of piperidine rings is 1. The molecule has 0 radical (unpaired) electrons. The van der Waals surface area contributed by atoms with E-state index in [0.717, 1.165) is 36.1 Å². The number of aliphatic hydroxyl groups is 1. The SMILES string of the molecule is C[C@@H]1CCCN(C[C@H](O)c2ccc3c(c2)OCCO3)C1. The second kappa shape index (κ2) is 6.02. The van der Waals surface area contributed by atoms with E-state index in [9.17, 15) is 5.11 Å². The first kappa shape index (κ1) is 13.7. The molecule has 0 unspecified atom stereocenters. The summed E-state index contributed by atoms with van der Waals surface area (Å²) in [5.41, 5.74) is 0.910. The smallest absolute Gasteiger partial charge is 0.161 e. The Morgan fingerprint density at radius 1 is 1.30 bits per heavy atom. The van der Waals surface area contributed by atoms with Crippen LogP contribution in [-0.4, -0.2) is 42.9 Å². The fraction of sp³-hybridized carbons (Fsp3) is 0.625. The van der Waals surface area contributed by atoms with Crippen LogP contribution in [0.15, 0.2) is 18.2 Å². The van der Waals surface area contributed by atoms with E-state index in [1.807, 2.05) is 18.2 Å². The number of likely N-dealkylation sites (tertiary alicyclic amines) is 1. The predicted molar refractivity (Wildman–Crippen MR) is 77.2 cm³/mol. The Morgan fingerprint density at radius 3 is 2.90 bits per heavy atom. The summed E-state index contributed by atoms with van der Waals surface area (Å²) < 4.78 is 11.1. The van der Waals surface area contributed by atoms with Gasteiger partial charge in [0.25, 0.3) is 0 Å². The first-order valence-electron chi connectivity index (χ1n) is 7.52. The van der Waals surface area contributed by atoms with Crippen LogP contribution in [0.4, 0.5) is 0 Å². The summed E-state index contributed by atoms with van der Waals surface area (Å²) in [6.07, 6.45) is 2.07. The van der Waals surface area contributed by atoms with Crippen LogP contribution in [0.25, 0.3) is 0 Å². The van der Waals surface area contributed by atoms with E-state index in [0.29, 0.717) is 19.8 Å². The lowest BCUT2D eigenvalue weighted by molar-refractivity contribution is 0.0870. The van der Waals surface area contributed by atoms with Crippen molar-refractivity contribution in [3.63, 3.8) is 0 Å². The zero-order chi connectivity index (χ0) is 13.9. The van der Waals surface area contributed by atoms with Gasteiger partial charge in [-0.25, -0.2) is 0 Å². The Bertz CT molecular complexity index is 463. The van der Waals surface area contributed by atoms with E-state index in [-0.39, 0.29) is 0 Å². The number of β-amino-alcohol motifs (C(OH)–C–C–N with tert-alkyl or cyclic N) is 1. The third kappa shape index (κ3) is 3.07. The van der Waals surface area contributed by atoms with Crippen molar-refractivity contribution in [1.29, 1.82) is 0 Å². The summed E-state index contributed by atoms with van der Waals surface area (Å²) in [7, 11) is 0. The van der Waals surface area contributed by atoms with Gasteiger partial charge in [0.05, 0.1) is 6.10 Å². The molecule has 0 amide bonds. The highest BCUT2D eigenvalue weighted by atomic mass is 16.6. The molecule has 3 rings (SSSR count). The predicted octanol–water partition coefficient (Wildman–Crippen LogP) is 2.22. The molecule has 0 aliphatic carbocycles. The summed E-state index contributed by atoms with van der Waals surface area (Å²) in [6, 6.07) is 5.74. The molecule has 1 N–H and O–H groups in total. The Hall–Kier alpha value is -1.26. The molecular weight excluding hydrogens is 254 g/mol. The van der Waals surface area contributed by atoms with E-state index in [2.05, 4.69) is 11.8 Å². The molecule has 1 aromatic carbocycles. The van der Waals surface area contributed by atoms with E-state index < -0.39 is 6.10 Å². The van der Waals surface area contributed by atoms with Gasteiger partial charge in [-0.2, -0.15) is 0 Å². The van der Waals surface area contributed by atoms with Crippen LogP contribution in [0, 0.1) is 5.92 Å². The largest absolute Gasteiger partial charge is 0.486 e. The highest BCUT2D eigenvalue weighted by Gasteiger charge is 2.21. The molecule has 1 aromatic rings. The number of fused-ring (bicyclic) bond motifs is 1. The molecule has 0 bridgehead atoms. The highest BCUT2D eigenvalue weighted by Crippen LogP contribution is 2.33. The number of aliphatic hydroxyl groups excluding tert-OH is 1. The summed E-state index contributed by atoms with van der Waals surface area (Å²) in [6.45, 7) is 6.33. The first-order valence-corrected chi connectivity index (χ1v) is 7.52. The molecule has 110 valence electrons. The van der Waals surface area contributed by atoms with Crippen molar-refractivity contribution in [2.45, 2.75) is 25.9 Å². The van der Waals surface area contributed by atoms with Crippen molar-refractivity contribution in [2.24, 2.45) is 5.92 Å². The van der Waals surface area contributed by atoms with Crippen LogP contribution < -0.4 is 9.47 Å². The second-order valence-electron chi connectivity index (χ2n) is 5.93. The minimum atomic E-state index is -0.462. The fourth-order valence-corrected chi connectivity index (χ4v) is 3.07. The number of benzene rings is 1. The number of nitrogens with zero attached hydrogens (tertiary/aromatic N) is 1. The van der Waals surface area contributed by atoms with Gasteiger partial charge in [-0.05, 0) is 43.0 Å². The third-order valence-corrected chi connectivity index (χ3v) is 4.12. The minimum Gasteiger partial charge on any atom is -0.486 e. The molecule has 0 spiro atoms. The molecule has 1 saturated heterocycles. The zero-order valence-corrected chi connectivity index (χ0v) is 12.0. The van der Waals surface area contributed by atoms with Crippen molar-refractivity contribution in [1.82, 2.24) is 4.90 Å². The number of hydrogen-bond acceptors (Lipinski definition) is 4. The molecule has 2 aliphatic heterocycles. The zero-order valence-electron chi connectivity index (χ0n) is 12.0. The fourth-order valence-electron chi connectivity index (χ4n) is 3.07. The van der Waals surface area contributed by atoms with Crippen LogP contribution in [0.2, 0.25) is 0 Å². The van der Waals surface area contributed by atoms with Crippen LogP contribution in [0.1, 0.15) is 31.4 Å². The number of ether oxygens (including phenoxy) is 2. The van der Waals surface area contributed by atoms with Crippen molar-refractivity contribution in [3.8, 4) is 11.5 Å². The van der Waals surface area contributed by atoms with Gasteiger partial charge in [-0.15, -0.1) is 0 Å². The maximum atomic E-state index is 10.4. The second-order valence-corrected chi connectivity index (χ2v) is 5.93. The highest BCUT2D eigenvalue weighted by molar-refractivity contribution is 5.44. The summed E-state index contributed by atoms with van der Waals surface area (Å²) >= 11 is 0. The van der Waals surface area contributed by atoms with Crippen LogP contribution >= 0.6 is 0 Å². The van der Waals surface area contributed by atoms with Gasteiger partial charge in [-0.3, -0.25) is 0 Å². The van der Waals surface area contributed by atoms with Gasteiger partial charge in [0.1, 0.15) is 13.2 Å². The average molecular weight is 277 g/mol. The number of rotatable bonds is 3. The van der Waals surface area contributed by atoms with Crippen LogP contribution in [-0.2, 0) is 0 Å². The van der Waals surface area contributed by atoms with Crippen molar-refractivity contribution >= 4 is 0 Å². The molecule has 4 heteroatoms. The lowest BCUT2D eigenvalue weighted by atomic mass is 9.99. The normalized spacial score (nSPS) is 24.4. The summed E-state index contributed by atoms with van der Waals surface area (Å²) in [5, 5.41) is 10.4. The summed E-state index contributed by atoms with van der Waals surface area (Å²) in [5.74, 6) is 2.26. The Labute approximate surface area is 120 Å². The standard InChI is InChI=1S/C16H23NO3/c1-12-3-2-6-17(10-12)11-14(18)13-4-5-15-16(9-13)20-8-7-19-15/h4-5,9,12,14,18H,2-3,6-8,10-11H2,1H3/t12-,14+/m1/s1. The molecule has 1 fully saturated rings. The molecule has 2 heterocycles. The molecule has 2 atom stereocenters. The topological polar surface area (TPSA) is 41.9 Å². The van der Waals surface area contributed by atoms with E-state index in [4.69, 9.17) is 9.47 Å². The van der Waals surface area contributed by atoms with E-state index in [1.54, 1.807) is 0 Å². The molecular formula is C16H23NO3. The maximum Gasteiger partial charge on any atom is 0.161 e. The van der Waals surface area contributed by atoms with Crippen LogP contribution in [0.3, 0.4) is 0 Å². The summed E-state index contributed by atoms with van der Waals surface area (Å²) in [4.78, 5) is 2.36. The van der Waals surface area contributed by atoms with E-state index >= 15 is 0 Å². The Morgan fingerprint density at radius 2 is 2.10 bits per heavy atom. The lowest BCUT2D eigenvalue weighted by Crippen LogP contribution is -2.37. The molecule has 0 aromatic heterocycles. The van der Waals surface area contributed by atoms with Gasteiger partial charge < -0.3 is 19.5 Å². The van der Waals surface area contributed by atoms with Gasteiger partial charge in [0, 0.05) is 13.1 Å². The van der Waals surface area contributed by atoms with Gasteiger partial charge in [0.15, 0.2) is 11.5 Å². The van der Waals surface area contributed by atoms with Gasteiger partial charge in [0.2, 0.25) is 0 Å². The van der Waals surface area contributed by atoms with Gasteiger partial charge >= 0.3 is 0 Å². The van der Waals surface area contributed by atoms with Crippen LogP contribution in [0.5, 0.6) is 11.5 Å². The molecule has 20 heavy (non-hydrogen) atoms. The Balaban J connectivity index is 1.66. The minimum absolute atomic E-state index is 0.462.